The summed E-state index contributed by atoms with van der Waals surface area (Å²) in [4.78, 5) is 18.3. The van der Waals surface area contributed by atoms with E-state index in [9.17, 15) is 4.79 Å². The van der Waals surface area contributed by atoms with E-state index in [1.54, 1.807) is 31.5 Å². The lowest BCUT2D eigenvalue weighted by Crippen LogP contribution is -2.48. The number of rotatable bonds is 6. The molecular formula is C20H25N3O4. The zero-order valence-electron chi connectivity index (χ0n) is 15.7. The maximum Gasteiger partial charge on any atom is 0.317 e. The van der Waals surface area contributed by atoms with Gasteiger partial charge in [-0.15, -0.1) is 0 Å². The Kier molecular flexibility index (Phi) is 6.35. The van der Waals surface area contributed by atoms with Gasteiger partial charge < -0.3 is 24.4 Å². The molecule has 1 aliphatic heterocycles. The molecule has 1 N–H and O–H groups in total. The lowest BCUT2D eigenvalue weighted by molar-refractivity contribution is 0.101. The molecule has 1 fully saturated rings. The minimum atomic E-state index is -0.0900. The van der Waals surface area contributed by atoms with Crippen molar-refractivity contribution < 1.29 is 19.0 Å². The molecule has 2 heterocycles. The van der Waals surface area contributed by atoms with Gasteiger partial charge in [-0.2, -0.15) is 0 Å². The third kappa shape index (κ3) is 5.03. The molecule has 1 saturated heterocycles. The zero-order valence-corrected chi connectivity index (χ0v) is 15.7. The molecule has 0 spiro atoms. The minimum absolute atomic E-state index is 0.00650. The van der Waals surface area contributed by atoms with E-state index in [0.29, 0.717) is 24.6 Å². The summed E-state index contributed by atoms with van der Waals surface area (Å²) in [7, 11) is 3.19. The van der Waals surface area contributed by atoms with Crippen LogP contribution in [0.25, 0.3) is 0 Å². The number of ether oxygens (including phenoxy) is 3. The molecule has 2 amide bonds. The Balaban J connectivity index is 1.53. The van der Waals surface area contributed by atoms with E-state index in [0.717, 1.165) is 30.7 Å². The summed E-state index contributed by atoms with van der Waals surface area (Å²) in [6.45, 7) is 1.72. The van der Waals surface area contributed by atoms with Crippen LogP contribution in [0.1, 0.15) is 18.4 Å². The summed E-state index contributed by atoms with van der Waals surface area (Å²) in [5.74, 6) is 2.09. The van der Waals surface area contributed by atoms with Crippen molar-refractivity contribution >= 4 is 6.03 Å². The van der Waals surface area contributed by atoms with Crippen LogP contribution in [0.3, 0.4) is 0 Å². The summed E-state index contributed by atoms with van der Waals surface area (Å²) in [6.07, 6.45) is 5.24. The van der Waals surface area contributed by atoms with Gasteiger partial charge in [0.15, 0.2) is 11.5 Å². The molecule has 27 heavy (non-hydrogen) atoms. The summed E-state index contributed by atoms with van der Waals surface area (Å²) < 4.78 is 16.5. The highest BCUT2D eigenvalue weighted by Crippen LogP contribution is 2.27. The molecule has 3 rings (SSSR count). The average molecular weight is 371 g/mol. The van der Waals surface area contributed by atoms with Crippen LogP contribution in [0.15, 0.2) is 42.7 Å². The van der Waals surface area contributed by atoms with Crippen molar-refractivity contribution in [2.24, 2.45) is 0 Å². The molecule has 1 aromatic carbocycles. The Morgan fingerprint density at radius 1 is 1.19 bits per heavy atom. The number of amides is 2. The Morgan fingerprint density at radius 3 is 2.70 bits per heavy atom. The van der Waals surface area contributed by atoms with Crippen LogP contribution in [0.4, 0.5) is 4.79 Å². The van der Waals surface area contributed by atoms with Gasteiger partial charge in [-0.05, 0) is 42.7 Å². The topological polar surface area (TPSA) is 72.9 Å². The second-order valence-electron chi connectivity index (χ2n) is 6.36. The Bertz CT molecular complexity index is 754. The van der Waals surface area contributed by atoms with E-state index >= 15 is 0 Å². The van der Waals surface area contributed by atoms with Crippen LogP contribution >= 0.6 is 0 Å². The summed E-state index contributed by atoms with van der Waals surface area (Å²) in [5.41, 5.74) is 0.947. The van der Waals surface area contributed by atoms with Crippen molar-refractivity contribution in [2.45, 2.75) is 25.5 Å². The van der Waals surface area contributed by atoms with Crippen LogP contribution < -0.4 is 19.5 Å². The molecule has 7 nitrogen and oxygen atoms in total. The average Bonchev–Trinajstić information content (AvgIpc) is 2.72. The van der Waals surface area contributed by atoms with E-state index in [2.05, 4.69) is 10.3 Å². The predicted octanol–water partition coefficient (Wildman–Crippen LogP) is 2.85. The standard InChI is InChI=1S/C20H25N3O4/c1-25-18-6-5-15(12-19(18)26-2)13-22-20(24)23-11-3-4-17(14-23)27-16-7-9-21-10-8-16/h5-10,12,17H,3-4,11,13-14H2,1-2H3,(H,22,24). The third-order valence-corrected chi connectivity index (χ3v) is 4.51. The molecule has 2 aromatic rings. The molecule has 1 atom stereocenters. The second kappa shape index (κ2) is 9.12. The number of piperidine rings is 1. The number of carbonyl (C=O) groups excluding carboxylic acids is 1. The normalized spacial score (nSPS) is 16.5. The van der Waals surface area contributed by atoms with Gasteiger partial charge in [-0.3, -0.25) is 4.98 Å². The van der Waals surface area contributed by atoms with Crippen molar-refractivity contribution in [3.63, 3.8) is 0 Å². The number of nitrogens with zero attached hydrogens (tertiary/aromatic N) is 2. The van der Waals surface area contributed by atoms with Crippen LogP contribution in [0.5, 0.6) is 17.2 Å². The number of pyridine rings is 1. The first-order valence-electron chi connectivity index (χ1n) is 9.00. The molecular weight excluding hydrogens is 346 g/mol. The maximum absolute atomic E-state index is 12.5. The van der Waals surface area contributed by atoms with Gasteiger partial charge in [0, 0.05) is 25.5 Å². The lowest BCUT2D eigenvalue weighted by Gasteiger charge is -2.33. The highest BCUT2D eigenvalue weighted by atomic mass is 16.5. The highest BCUT2D eigenvalue weighted by molar-refractivity contribution is 5.74. The number of urea groups is 1. The number of aromatic nitrogens is 1. The van der Waals surface area contributed by atoms with Crippen LogP contribution in [-0.4, -0.2) is 49.3 Å². The molecule has 0 bridgehead atoms. The number of methoxy groups -OCH3 is 2. The molecule has 1 aliphatic rings. The number of hydrogen-bond acceptors (Lipinski definition) is 5. The second-order valence-corrected chi connectivity index (χ2v) is 6.36. The Labute approximate surface area is 159 Å². The van der Waals surface area contributed by atoms with E-state index in [-0.39, 0.29) is 12.1 Å². The number of nitrogens with one attached hydrogen (secondary N) is 1. The largest absolute Gasteiger partial charge is 0.493 e. The van der Waals surface area contributed by atoms with Crippen LogP contribution in [0.2, 0.25) is 0 Å². The Morgan fingerprint density at radius 2 is 1.96 bits per heavy atom. The quantitative estimate of drug-likeness (QED) is 0.845. The summed E-state index contributed by atoms with van der Waals surface area (Å²) in [6, 6.07) is 9.18. The molecule has 7 heteroatoms. The fourth-order valence-corrected chi connectivity index (χ4v) is 3.11. The van der Waals surface area contributed by atoms with Gasteiger partial charge in [-0.1, -0.05) is 6.07 Å². The smallest absolute Gasteiger partial charge is 0.317 e. The van der Waals surface area contributed by atoms with Gasteiger partial charge in [0.05, 0.1) is 20.8 Å². The molecule has 0 aliphatic carbocycles. The number of hydrogen-bond donors (Lipinski definition) is 1. The fraction of sp³-hybridized carbons (Fsp3) is 0.400. The van der Waals surface area contributed by atoms with E-state index in [1.807, 2.05) is 30.3 Å². The van der Waals surface area contributed by atoms with Crippen molar-refractivity contribution in [3.8, 4) is 17.2 Å². The highest BCUT2D eigenvalue weighted by Gasteiger charge is 2.24. The lowest BCUT2D eigenvalue weighted by atomic mass is 10.1. The molecule has 0 radical (unpaired) electrons. The van der Waals surface area contributed by atoms with Crippen molar-refractivity contribution in [1.29, 1.82) is 0 Å². The number of carbonyl (C=O) groups is 1. The van der Waals surface area contributed by atoms with Gasteiger partial charge in [0.25, 0.3) is 0 Å². The maximum atomic E-state index is 12.5. The molecule has 144 valence electrons. The first-order valence-corrected chi connectivity index (χ1v) is 9.00. The Hall–Kier alpha value is -2.96. The van der Waals surface area contributed by atoms with Crippen molar-refractivity contribution in [2.75, 3.05) is 27.3 Å². The SMILES string of the molecule is COc1ccc(CNC(=O)N2CCCC(Oc3ccncc3)C2)cc1OC. The predicted molar refractivity (Wildman–Crippen MR) is 101 cm³/mol. The van der Waals surface area contributed by atoms with Gasteiger partial charge >= 0.3 is 6.03 Å². The minimum Gasteiger partial charge on any atom is -0.493 e. The molecule has 0 saturated carbocycles. The van der Waals surface area contributed by atoms with E-state index < -0.39 is 0 Å². The summed E-state index contributed by atoms with van der Waals surface area (Å²) in [5, 5.41) is 2.97. The number of benzene rings is 1. The third-order valence-electron chi connectivity index (χ3n) is 4.51. The van der Waals surface area contributed by atoms with E-state index in [4.69, 9.17) is 14.2 Å². The van der Waals surface area contributed by atoms with E-state index in [1.165, 1.54) is 0 Å². The summed E-state index contributed by atoms with van der Waals surface area (Å²) >= 11 is 0. The van der Waals surface area contributed by atoms with Gasteiger partial charge in [-0.25, -0.2) is 4.79 Å². The van der Waals surface area contributed by atoms with Gasteiger partial charge in [0.2, 0.25) is 0 Å². The van der Waals surface area contributed by atoms with Gasteiger partial charge in [0.1, 0.15) is 11.9 Å². The monoisotopic (exact) mass is 371 g/mol. The fourth-order valence-electron chi connectivity index (χ4n) is 3.11. The first kappa shape index (κ1) is 18.8. The van der Waals surface area contributed by atoms with Crippen LogP contribution in [-0.2, 0) is 6.54 Å². The first-order chi connectivity index (χ1) is 13.2. The number of likely N-dealkylation sites (tertiary alicyclic amines) is 1. The van der Waals surface area contributed by atoms with Crippen molar-refractivity contribution in [1.82, 2.24) is 15.2 Å². The van der Waals surface area contributed by atoms with Crippen LogP contribution in [0, 0.1) is 0 Å². The molecule has 1 aromatic heterocycles. The van der Waals surface area contributed by atoms with Crippen molar-refractivity contribution in [3.05, 3.63) is 48.3 Å². The zero-order chi connectivity index (χ0) is 19.1. The molecule has 1 unspecified atom stereocenters.